The zero-order valence-corrected chi connectivity index (χ0v) is 5.99. The third-order valence-corrected chi connectivity index (χ3v) is 0. The molecule has 0 heterocycles. The van der Waals surface area contributed by atoms with Gasteiger partial charge >= 0.3 is 0 Å². The second-order valence-electron chi connectivity index (χ2n) is 0. The summed E-state index contributed by atoms with van der Waals surface area (Å²) in [5.74, 6) is 0. The van der Waals surface area contributed by atoms with Crippen molar-refractivity contribution >= 4 is 46.2 Å². The second-order valence-corrected chi connectivity index (χ2v) is 0. The van der Waals surface area contributed by atoms with Crippen molar-refractivity contribution in [1.29, 1.82) is 0 Å². The molecule has 5 radical (unpaired) electrons. The second kappa shape index (κ2) is 211. The molecule has 0 saturated heterocycles. The molecule has 0 fully saturated rings. The Balaban J connectivity index is 0. The van der Waals surface area contributed by atoms with Crippen molar-refractivity contribution in [2.75, 3.05) is 0 Å². The molecule has 0 aromatic carbocycles. The fraction of sp³-hybridized carbons (Fsp3) is 0. The van der Waals surface area contributed by atoms with E-state index >= 15 is 0 Å². The molecule has 5 nitrogen and oxygen atoms in total. The Morgan fingerprint density at radius 2 is 0.429 bits per heavy atom. The molecule has 0 unspecified atom stereocenters. The Morgan fingerprint density at radius 3 is 0.429 bits per heavy atom. The maximum absolute atomic E-state index is 0. The smallest absolute Gasteiger partial charge is 0 e. The minimum absolute atomic E-state index is 0. The fourth-order valence-electron chi connectivity index (χ4n) is 0. The Kier molecular flexibility index (Phi) is 9840. The number of hydrogen-bond acceptors (Lipinski definition) is 0. The van der Waals surface area contributed by atoms with Crippen LogP contribution in [0.4, 0.5) is 0 Å². The zero-order valence-electron chi connectivity index (χ0n) is 3.78. The van der Waals surface area contributed by atoms with Gasteiger partial charge in [0.05, 0.1) is 0 Å². The van der Waals surface area contributed by atoms with Gasteiger partial charge in [0.25, 0.3) is 0 Å². The van der Waals surface area contributed by atoms with E-state index in [1.165, 1.54) is 0 Å². The van der Waals surface area contributed by atoms with Gasteiger partial charge in [0, 0.05) is 46.2 Å². The summed E-state index contributed by atoms with van der Waals surface area (Å²) in [6.07, 6.45) is 0. The Morgan fingerprint density at radius 1 is 0.429 bits per heavy atom. The van der Waals surface area contributed by atoms with Crippen LogP contribution in [-0.2, 0) is 0 Å². The maximum atomic E-state index is 0. The van der Waals surface area contributed by atoms with E-state index < -0.39 is 0 Å². The molecule has 7 heavy (non-hydrogen) atoms. The molecule has 0 saturated carbocycles. The Labute approximate surface area is 73.2 Å². The van der Waals surface area contributed by atoms with E-state index in [-0.39, 0.29) is 73.5 Å². The fourth-order valence-corrected chi connectivity index (χ4v) is 0. The van der Waals surface area contributed by atoms with Crippen LogP contribution < -0.4 is 0 Å². The molecule has 45 valence electrons. The zero-order chi connectivity index (χ0) is 0. The summed E-state index contributed by atoms with van der Waals surface area (Å²) < 4.78 is 0. The Bertz CT molecular complexity index is 8.04. The average Bonchev–Trinajstić information content (AvgIpc) is 0. The SMILES string of the molecule is O.O.O.O.O.[B].[Ca]. The van der Waals surface area contributed by atoms with Crippen molar-refractivity contribution in [1.82, 2.24) is 0 Å². The largest absolute Gasteiger partial charge is 0.412 e. The normalized spacial score (nSPS) is 0. The molecule has 0 rings (SSSR count). The average molecular weight is 141 g/mol. The molecule has 0 amide bonds. The van der Waals surface area contributed by atoms with Gasteiger partial charge in [0.2, 0.25) is 0 Å². The number of rotatable bonds is 0. The summed E-state index contributed by atoms with van der Waals surface area (Å²) in [5, 5.41) is 0. The van der Waals surface area contributed by atoms with Gasteiger partial charge in [-0.15, -0.1) is 0 Å². The molecular formula is H10BCaO5. The molecule has 0 aliphatic heterocycles. The van der Waals surface area contributed by atoms with E-state index in [9.17, 15) is 0 Å². The first-order valence-corrected chi connectivity index (χ1v) is 0. The van der Waals surface area contributed by atoms with Crippen LogP contribution in [0.25, 0.3) is 0 Å². The third-order valence-electron chi connectivity index (χ3n) is 0. The molecule has 0 aliphatic carbocycles. The Hall–Kier alpha value is 1.12. The minimum atomic E-state index is 0. The van der Waals surface area contributed by atoms with Crippen LogP contribution >= 0.6 is 0 Å². The van der Waals surface area contributed by atoms with Gasteiger partial charge < -0.3 is 27.4 Å². The summed E-state index contributed by atoms with van der Waals surface area (Å²) >= 11 is 0. The third kappa shape index (κ3) is 148. The molecule has 7 heteroatoms. The molecule has 0 aromatic rings. The van der Waals surface area contributed by atoms with Crippen molar-refractivity contribution in [2.24, 2.45) is 0 Å². The van der Waals surface area contributed by atoms with E-state index in [0.29, 0.717) is 0 Å². The molecule has 10 N–H and O–H groups in total. The van der Waals surface area contributed by atoms with Crippen molar-refractivity contribution in [3.63, 3.8) is 0 Å². The van der Waals surface area contributed by atoms with Gasteiger partial charge in [-0.2, -0.15) is 0 Å². The summed E-state index contributed by atoms with van der Waals surface area (Å²) in [6, 6.07) is 0. The van der Waals surface area contributed by atoms with Crippen LogP contribution in [0, 0.1) is 0 Å². The maximum Gasteiger partial charge on any atom is 0 e. The van der Waals surface area contributed by atoms with E-state index in [0.717, 1.165) is 0 Å². The summed E-state index contributed by atoms with van der Waals surface area (Å²) in [7, 11) is 0. The van der Waals surface area contributed by atoms with Crippen molar-refractivity contribution in [3.8, 4) is 0 Å². The van der Waals surface area contributed by atoms with Crippen LogP contribution in [0.2, 0.25) is 0 Å². The van der Waals surface area contributed by atoms with Gasteiger partial charge in [0.1, 0.15) is 0 Å². The molecule has 0 aliphatic rings. The first-order valence-electron chi connectivity index (χ1n) is 0. The predicted octanol–water partition coefficient (Wildman–Crippen LogP) is -4.89. The molecule has 0 aromatic heterocycles. The minimum Gasteiger partial charge on any atom is -0.412 e. The first kappa shape index (κ1) is 326. The van der Waals surface area contributed by atoms with Crippen molar-refractivity contribution in [2.45, 2.75) is 0 Å². The monoisotopic (exact) mass is 141 g/mol. The van der Waals surface area contributed by atoms with Crippen molar-refractivity contribution in [3.05, 3.63) is 0 Å². The summed E-state index contributed by atoms with van der Waals surface area (Å²) in [5.41, 5.74) is 0. The van der Waals surface area contributed by atoms with Gasteiger partial charge in [0.15, 0.2) is 0 Å². The quantitative estimate of drug-likeness (QED) is 0.296. The van der Waals surface area contributed by atoms with Crippen LogP contribution in [0.15, 0.2) is 0 Å². The topological polar surface area (TPSA) is 158 Å². The van der Waals surface area contributed by atoms with E-state index in [4.69, 9.17) is 0 Å². The van der Waals surface area contributed by atoms with Gasteiger partial charge in [-0.25, -0.2) is 0 Å². The van der Waals surface area contributed by atoms with Crippen LogP contribution in [0.1, 0.15) is 0 Å². The standard InChI is InChI=1S/B.Ca.5H2O/h;;5*1H2. The van der Waals surface area contributed by atoms with Gasteiger partial charge in [-0.3, -0.25) is 0 Å². The van der Waals surface area contributed by atoms with Gasteiger partial charge in [-0.1, -0.05) is 0 Å². The molecule has 0 spiro atoms. The van der Waals surface area contributed by atoms with E-state index in [1.807, 2.05) is 0 Å². The number of hydrogen-bond donors (Lipinski definition) is 0. The van der Waals surface area contributed by atoms with E-state index in [1.54, 1.807) is 0 Å². The van der Waals surface area contributed by atoms with Crippen molar-refractivity contribution < 1.29 is 27.4 Å². The van der Waals surface area contributed by atoms with Crippen LogP contribution in [-0.4, -0.2) is 73.5 Å². The van der Waals surface area contributed by atoms with E-state index in [2.05, 4.69) is 0 Å². The summed E-state index contributed by atoms with van der Waals surface area (Å²) in [4.78, 5) is 0. The molecular weight excluding hydrogens is 131 g/mol. The predicted molar refractivity (Wildman–Crippen MR) is 29.6 cm³/mol. The van der Waals surface area contributed by atoms with Crippen LogP contribution in [0.3, 0.4) is 0 Å². The summed E-state index contributed by atoms with van der Waals surface area (Å²) in [6.45, 7) is 0. The molecule has 0 atom stereocenters. The first-order chi connectivity index (χ1) is 0. The van der Waals surface area contributed by atoms with Gasteiger partial charge in [-0.05, 0) is 0 Å². The molecule has 0 bridgehead atoms. The van der Waals surface area contributed by atoms with Crippen LogP contribution in [0.5, 0.6) is 0 Å².